The summed E-state index contributed by atoms with van der Waals surface area (Å²) in [5.41, 5.74) is 0.778. The Balaban J connectivity index is 1.94. The van der Waals surface area contributed by atoms with E-state index >= 15 is 0 Å². The SMILES string of the molecule is O=C(NO)C1(O)CNCCC1S(=O)(=O)c1ccc(-c2ccc(Cl)cc2)cc1. The Labute approximate surface area is 161 Å². The molecule has 1 aliphatic rings. The van der Waals surface area contributed by atoms with E-state index in [1.807, 2.05) is 12.1 Å². The van der Waals surface area contributed by atoms with Crippen molar-refractivity contribution in [2.75, 3.05) is 13.1 Å². The van der Waals surface area contributed by atoms with Crippen molar-refractivity contribution in [1.82, 2.24) is 10.8 Å². The summed E-state index contributed by atoms with van der Waals surface area (Å²) in [4.78, 5) is 11.9. The molecular weight excluding hydrogens is 392 g/mol. The molecule has 0 saturated carbocycles. The number of piperidine rings is 1. The number of sulfone groups is 1. The predicted octanol–water partition coefficient (Wildman–Crippen LogP) is 1.38. The van der Waals surface area contributed by atoms with Gasteiger partial charge in [-0.3, -0.25) is 10.0 Å². The highest BCUT2D eigenvalue weighted by atomic mass is 35.5. The average Bonchev–Trinajstić information content (AvgIpc) is 2.68. The molecule has 0 spiro atoms. The Kier molecular flexibility index (Phi) is 5.55. The molecule has 1 saturated heterocycles. The van der Waals surface area contributed by atoms with Gasteiger partial charge in [0.25, 0.3) is 5.91 Å². The van der Waals surface area contributed by atoms with Crippen molar-refractivity contribution in [2.24, 2.45) is 0 Å². The fraction of sp³-hybridized carbons (Fsp3) is 0.278. The van der Waals surface area contributed by atoms with Crippen LogP contribution in [0.2, 0.25) is 5.02 Å². The lowest BCUT2D eigenvalue weighted by Gasteiger charge is -2.37. The minimum atomic E-state index is -4.01. The summed E-state index contributed by atoms with van der Waals surface area (Å²) in [5, 5.41) is 21.5. The van der Waals surface area contributed by atoms with Crippen LogP contribution in [0, 0.1) is 0 Å². The van der Waals surface area contributed by atoms with Gasteiger partial charge in [0.2, 0.25) is 0 Å². The molecule has 9 heteroatoms. The van der Waals surface area contributed by atoms with Crippen LogP contribution in [-0.4, -0.2) is 48.6 Å². The van der Waals surface area contributed by atoms with Crippen molar-refractivity contribution in [3.05, 3.63) is 53.6 Å². The third kappa shape index (κ3) is 3.71. The van der Waals surface area contributed by atoms with E-state index in [1.54, 1.807) is 24.3 Å². The average molecular weight is 411 g/mol. The number of aliphatic hydroxyl groups is 1. The van der Waals surface area contributed by atoms with Gasteiger partial charge in [-0.2, -0.15) is 0 Å². The molecule has 4 N–H and O–H groups in total. The van der Waals surface area contributed by atoms with Gasteiger partial charge < -0.3 is 10.4 Å². The molecule has 27 heavy (non-hydrogen) atoms. The van der Waals surface area contributed by atoms with E-state index < -0.39 is 26.6 Å². The number of hydroxylamine groups is 1. The molecular formula is C18H19ClN2O5S. The zero-order valence-corrected chi connectivity index (χ0v) is 15.8. The summed E-state index contributed by atoms with van der Waals surface area (Å²) in [5.74, 6) is -1.15. The quantitative estimate of drug-likeness (QED) is 0.447. The molecule has 0 bridgehead atoms. The van der Waals surface area contributed by atoms with E-state index in [2.05, 4.69) is 5.32 Å². The molecule has 1 amide bonds. The van der Waals surface area contributed by atoms with Crippen molar-refractivity contribution < 1.29 is 23.5 Å². The van der Waals surface area contributed by atoms with Crippen LogP contribution >= 0.6 is 11.6 Å². The monoisotopic (exact) mass is 410 g/mol. The summed E-state index contributed by atoms with van der Waals surface area (Å²) >= 11 is 5.88. The van der Waals surface area contributed by atoms with Crippen molar-refractivity contribution in [2.45, 2.75) is 22.2 Å². The van der Waals surface area contributed by atoms with Gasteiger partial charge in [-0.25, -0.2) is 13.9 Å². The maximum Gasteiger partial charge on any atom is 0.277 e. The van der Waals surface area contributed by atoms with Crippen molar-refractivity contribution in [1.29, 1.82) is 0 Å². The maximum absolute atomic E-state index is 13.0. The van der Waals surface area contributed by atoms with Crippen LogP contribution in [0.25, 0.3) is 11.1 Å². The van der Waals surface area contributed by atoms with Gasteiger partial charge in [0, 0.05) is 11.6 Å². The number of rotatable bonds is 4. The zero-order chi connectivity index (χ0) is 19.7. The fourth-order valence-corrected chi connectivity index (χ4v) is 5.35. The highest BCUT2D eigenvalue weighted by Crippen LogP contribution is 2.31. The molecule has 1 heterocycles. The van der Waals surface area contributed by atoms with Crippen LogP contribution in [0.4, 0.5) is 0 Å². The van der Waals surface area contributed by atoms with Crippen molar-refractivity contribution >= 4 is 27.3 Å². The molecule has 2 aromatic carbocycles. The first-order valence-electron chi connectivity index (χ1n) is 8.26. The lowest BCUT2D eigenvalue weighted by atomic mass is 9.93. The van der Waals surface area contributed by atoms with Gasteiger partial charge >= 0.3 is 0 Å². The number of amides is 1. The van der Waals surface area contributed by atoms with Crippen LogP contribution in [0.1, 0.15) is 6.42 Å². The first kappa shape index (κ1) is 19.8. The van der Waals surface area contributed by atoms with Gasteiger partial charge in [-0.1, -0.05) is 35.9 Å². The molecule has 1 fully saturated rings. The van der Waals surface area contributed by atoms with E-state index in [0.717, 1.165) is 11.1 Å². The second-order valence-electron chi connectivity index (χ2n) is 6.40. The number of nitrogens with one attached hydrogen (secondary N) is 2. The Morgan fingerprint density at radius 1 is 1.11 bits per heavy atom. The number of hydrogen-bond acceptors (Lipinski definition) is 6. The molecule has 2 unspecified atom stereocenters. The van der Waals surface area contributed by atoms with Gasteiger partial charge in [0.05, 0.1) is 4.90 Å². The molecule has 0 aromatic heterocycles. The first-order valence-corrected chi connectivity index (χ1v) is 10.2. The molecule has 2 aromatic rings. The van der Waals surface area contributed by atoms with Gasteiger partial charge in [-0.05, 0) is 48.4 Å². The summed E-state index contributed by atoms with van der Waals surface area (Å²) < 4.78 is 26.1. The highest BCUT2D eigenvalue weighted by Gasteiger charge is 2.52. The molecule has 0 radical (unpaired) electrons. The summed E-state index contributed by atoms with van der Waals surface area (Å²) in [6.07, 6.45) is 0.0329. The predicted molar refractivity (Wildman–Crippen MR) is 100 cm³/mol. The number of carbonyl (C=O) groups excluding carboxylic acids is 1. The molecule has 1 aliphatic heterocycles. The lowest BCUT2D eigenvalue weighted by molar-refractivity contribution is -0.149. The third-order valence-electron chi connectivity index (χ3n) is 4.74. The minimum Gasteiger partial charge on any atom is -0.377 e. The summed E-state index contributed by atoms with van der Waals surface area (Å²) in [7, 11) is -4.01. The van der Waals surface area contributed by atoms with E-state index in [-0.39, 0.29) is 17.9 Å². The molecule has 144 valence electrons. The summed E-state index contributed by atoms with van der Waals surface area (Å²) in [6, 6.07) is 13.3. The number of carbonyl (C=O) groups is 1. The zero-order valence-electron chi connectivity index (χ0n) is 14.2. The van der Waals surface area contributed by atoms with Crippen molar-refractivity contribution in [3.63, 3.8) is 0 Å². The molecule has 2 atom stereocenters. The summed E-state index contributed by atoms with van der Waals surface area (Å²) in [6.45, 7) is 0.0555. The van der Waals surface area contributed by atoms with Crippen LogP contribution in [0.5, 0.6) is 0 Å². The normalized spacial score (nSPS) is 23.0. The number of halogens is 1. The van der Waals surface area contributed by atoms with Crippen molar-refractivity contribution in [3.8, 4) is 11.1 Å². The lowest BCUT2D eigenvalue weighted by Crippen LogP contribution is -2.65. The van der Waals surface area contributed by atoms with Crippen LogP contribution in [0.15, 0.2) is 53.4 Å². The Hall–Kier alpha value is -1.97. The minimum absolute atomic E-state index is 0.00345. The van der Waals surface area contributed by atoms with Crippen LogP contribution < -0.4 is 10.8 Å². The molecule has 0 aliphatic carbocycles. The van der Waals surface area contributed by atoms with E-state index in [4.69, 9.17) is 16.8 Å². The number of benzene rings is 2. The Morgan fingerprint density at radius 2 is 1.67 bits per heavy atom. The van der Waals surface area contributed by atoms with Gasteiger partial charge in [0.1, 0.15) is 5.25 Å². The fourth-order valence-electron chi connectivity index (χ4n) is 3.24. The van der Waals surface area contributed by atoms with E-state index in [1.165, 1.54) is 17.6 Å². The van der Waals surface area contributed by atoms with E-state index in [9.17, 15) is 18.3 Å². The number of hydrogen-bond donors (Lipinski definition) is 4. The standard InChI is InChI=1S/C18H19ClN2O5S/c19-14-5-1-12(2-6-14)13-3-7-15(8-4-13)27(25,26)16-9-10-20-11-18(16,23)17(22)21-24/h1-8,16,20,23-24H,9-11H2,(H,21,22). The van der Waals surface area contributed by atoms with E-state index in [0.29, 0.717) is 11.6 Å². The topological polar surface area (TPSA) is 116 Å². The Bertz CT molecular complexity index is 931. The second kappa shape index (κ2) is 7.57. The number of β-amino-alcohol motifs (C(OH)–C–C–N with tert-alkyl or cyclic N) is 1. The smallest absolute Gasteiger partial charge is 0.277 e. The molecule has 3 rings (SSSR count). The van der Waals surface area contributed by atoms with Crippen LogP contribution in [0.3, 0.4) is 0 Å². The largest absolute Gasteiger partial charge is 0.377 e. The maximum atomic E-state index is 13.0. The van der Waals surface area contributed by atoms with Gasteiger partial charge in [0.15, 0.2) is 15.4 Å². The van der Waals surface area contributed by atoms with Gasteiger partial charge in [-0.15, -0.1) is 0 Å². The highest BCUT2D eigenvalue weighted by molar-refractivity contribution is 7.92. The van der Waals surface area contributed by atoms with Crippen LogP contribution in [-0.2, 0) is 14.6 Å². The first-order chi connectivity index (χ1) is 12.8. The Morgan fingerprint density at radius 3 is 2.22 bits per heavy atom. The third-order valence-corrected chi connectivity index (χ3v) is 7.30. The molecule has 7 nitrogen and oxygen atoms in total. The second-order valence-corrected chi connectivity index (χ2v) is 8.96.